The Balaban J connectivity index is 1.74. The average molecular weight is 477 g/mol. The minimum absolute atomic E-state index is 0.254. The highest BCUT2D eigenvalue weighted by atomic mass is 32.2. The van der Waals surface area contributed by atoms with E-state index in [-0.39, 0.29) is 12.2 Å². The molecule has 1 N–H and O–H groups in total. The van der Waals surface area contributed by atoms with Crippen molar-refractivity contribution in [3.63, 3.8) is 0 Å². The number of rotatable bonds is 7. The number of methoxy groups -OCH3 is 2. The van der Waals surface area contributed by atoms with Crippen molar-refractivity contribution in [2.24, 2.45) is 4.36 Å². The zero-order valence-corrected chi connectivity index (χ0v) is 19.5. The Morgan fingerprint density at radius 1 is 1.12 bits per heavy atom. The van der Waals surface area contributed by atoms with E-state index in [0.29, 0.717) is 52.8 Å². The Labute approximate surface area is 191 Å². The highest BCUT2D eigenvalue weighted by molar-refractivity contribution is 7.92. The van der Waals surface area contributed by atoms with Crippen LogP contribution in [-0.2, 0) is 19.2 Å². The number of nitrogens with one attached hydrogen (secondary N) is 1. The molecule has 33 heavy (non-hydrogen) atoms. The van der Waals surface area contributed by atoms with Gasteiger partial charge in [-0.05, 0) is 18.2 Å². The first-order valence-corrected chi connectivity index (χ1v) is 12.4. The molecule has 2 heterocycles. The van der Waals surface area contributed by atoms with Crippen molar-refractivity contribution >= 4 is 37.8 Å². The van der Waals surface area contributed by atoms with Gasteiger partial charge in [-0.2, -0.15) is 4.36 Å². The average Bonchev–Trinajstić information content (AvgIpc) is 3.21. The van der Waals surface area contributed by atoms with E-state index in [2.05, 4.69) is 19.6 Å². The first-order chi connectivity index (χ1) is 15.8. The predicted octanol–water partition coefficient (Wildman–Crippen LogP) is 3.67. The second kappa shape index (κ2) is 9.46. The van der Waals surface area contributed by atoms with Gasteiger partial charge < -0.3 is 24.3 Å². The third-order valence-corrected chi connectivity index (χ3v) is 5.64. The maximum Gasteiger partial charge on any atom is 0.150 e. The summed E-state index contributed by atoms with van der Waals surface area (Å²) < 4.78 is 52.8. The van der Waals surface area contributed by atoms with Crippen LogP contribution in [0.15, 0.2) is 41.0 Å². The van der Waals surface area contributed by atoms with E-state index in [1.807, 2.05) is 0 Å². The second-order valence-corrected chi connectivity index (χ2v) is 10.3. The van der Waals surface area contributed by atoms with Gasteiger partial charge in [0.05, 0.1) is 42.6 Å². The molecule has 1 aromatic heterocycles. The van der Waals surface area contributed by atoms with Gasteiger partial charge in [-0.15, -0.1) is 0 Å². The molecule has 4 rings (SSSR count). The number of hydrogen-bond donors (Lipinski definition) is 1. The number of hydrogen-bond acceptors (Lipinski definition) is 9. The Hall–Kier alpha value is -3.02. The first kappa shape index (κ1) is 23.1. The maximum atomic E-state index is 14.0. The monoisotopic (exact) mass is 476 g/mol. The predicted molar refractivity (Wildman–Crippen MR) is 124 cm³/mol. The Kier molecular flexibility index (Phi) is 6.63. The molecule has 1 aliphatic rings. The molecule has 0 radical (unpaired) electrons. The summed E-state index contributed by atoms with van der Waals surface area (Å²) in [6.45, 7) is 0.741. The summed E-state index contributed by atoms with van der Waals surface area (Å²) in [7, 11) is 0.725. The molecular formula is C22H25FN4O5S. The standard InChI is InChI=1S/C22H25FN4O5S/c1-29-18-9-14(27-33(3,4)28)8-16-21(18)22(25-12-24-16)26-15-6-5-13(23)7-17(15)32-20-11-31-10-19(20)30-2/h5-9,12,19-20H,10-11H2,1-4H3,(H,24,25,26)/t19-,20+/m1/s1. The third kappa shape index (κ3) is 5.32. The zero-order chi connectivity index (χ0) is 23.6. The highest BCUT2D eigenvalue weighted by Gasteiger charge is 2.31. The number of nitrogens with zero attached hydrogens (tertiary/aromatic N) is 3. The van der Waals surface area contributed by atoms with Gasteiger partial charge in [-0.3, -0.25) is 0 Å². The Bertz CT molecular complexity index is 1290. The van der Waals surface area contributed by atoms with Gasteiger partial charge >= 0.3 is 0 Å². The zero-order valence-electron chi connectivity index (χ0n) is 18.7. The Morgan fingerprint density at radius 3 is 2.64 bits per heavy atom. The van der Waals surface area contributed by atoms with Gasteiger partial charge in [-0.25, -0.2) is 18.6 Å². The molecule has 1 saturated heterocycles. The lowest BCUT2D eigenvalue weighted by Crippen LogP contribution is -2.31. The first-order valence-electron chi connectivity index (χ1n) is 10.1. The molecule has 0 bridgehead atoms. The normalized spacial score (nSPS) is 18.3. The number of halogens is 1. The van der Waals surface area contributed by atoms with Crippen LogP contribution < -0.4 is 14.8 Å². The van der Waals surface area contributed by atoms with E-state index in [9.17, 15) is 8.60 Å². The lowest BCUT2D eigenvalue weighted by molar-refractivity contribution is 0.0328. The number of aromatic nitrogens is 2. The van der Waals surface area contributed by atoms with Crippen LogP contribution in [0.5, 0.6) is 11.5 Å². The molecule has 1 aliphatic heterocycles. The fourth-order valence-corrected chi connectivity index (χ4v) is 4.15. The van der Waals surface area contributed by atoms with Gasteiger partial charge in [0.15, 0.2) is 6.10 Å². The van der Waals surface area contributed by atoms with E-state index >= 15 is 0 Å². The Morgan fingerprint density at radius 2 is 1.91 bits per heavy atom. The smallest absolute Gasteiger partial charge is 0.150 e. The molecule has 0 amide bonds. The summed E-state index contributed by atoms with van der Waals surface area (Å²) >= 11 is 0. The lowest BCUT2D eigenvalue weighted by atomic mass is 10.2. The molecular weight excluding hydrogens is 451 g/mol. The van der Waals surface area contributed by atoms with Crippen molar-refractivity contribution in [1.82, 2.24) is 9.97 Å². The SMILES string of the molecule is COc1cc(N=S(C)(C)=O)cc2ncnc(Nc3ccc(F)cc3O[C@H]3COC[C@H]3OC)c12. The fourth-order valence-electron chi connectivity index (χ4n) is 3.53. The molecule has 3 aromatic rings. The van der Waals surface area contributed by atoms with Crippen LogP contribution in [0.2, 0.25) is 0 Å². The van der Waals surface area contributed by atoms with E-state index in [1.54, 1.807) is 37.8 Å². The van der Waals surface area contributed by atoms with E-state index < -0.39 is 15.5 Å². The van der Waals surface area contributed by atoms with Crippen LogP contribution in [0.1, 0.15) is 0 Å². The van der Waals surface area contributed by atoms with Crippen molar-refractivity contribution < 1.29 is 27.5 Å². The molecule has 2 atom stereocenters. The number of fused-ring (bicyclic) bond motifs is 1. The topological polar surface area (TPSA) is 104 Å². The molecule has 2 aromatic carbocycles. The van der Waals surface area contributed by atoms with Crippen molar-refractivity contribution in [1.29, 1.82) is 0 Å². The van der Waals surface area contributed by atoms with Crippen LogP contribution in [0.25, 0.3) is 10.9 Å². The van der Waals surface area contributed by atoms with E-state index in [1.165, 1.54) is 25.6 Å². The number of ether oxygens (including phenoxy) is 4. The summed E-state index contributed by atoms with van der Waals surface area (Å²) in [6, 6.07) is 7.56. The van der Waals surface area contributed by atoms with E-state index in [0.717, 1.165) is 0 Å². The minimum atomic E-state index is -2.37. The molecule has 0 aliphatic carbocycles. The summed E-state index contributed by atoms with van der Waals surface area (Å²) in [4.78, 5) is 8.67. The third-order valence-electron chi connectivity index (χ3n) is 4.99. The summed E-state index contributed by atoms with van der Waals surface area (Å²) in [5.41, 5.74) is 1.53. The molecule has 176 valence electrons. The molecule has 9 nitrogen and oxygen atoms in total. The highest BCUT2D eigenvalue weighted by Crippen LogP contribution is 2.37. The van der Waals surface area contributed by atoms with Crippen molar-refractivity contribution in [2.75, 3.05) is 45.3 Å². The largest absolute Gasteiger partial charge is 0.496 e. The minimum Gasteiger partial charge on any atom is -0.496 e. The summed E-state index contributed by atoms with van der Waals surface area (Å²) in [6.07, 6.45) is 3.86. The quantitative estimate of drug-likeness (QED) is 0.551. The summed E-state index contributed by atoms with van der Waals surface area (Å²) in [5, 5.41) is 3.79. The van der Waals surface area contributed by atoms with Crippen LogP contribution in [0, 0.1) is 5.82 Å². The summed E-state index contributed by atoms with van der Waals surface area (Å²) in [5.74, 6) is 0.731. The lowest BCUT2D eigenvalue weighted by Gasteiger charge is -2.21. The van der Waals surface area contributed by atoms with Gasteiger partial charge in [-0.1, -0.05) is 0 Å². The van der Waals surface area contributed by atoms with E-state index in [4.69, 9.17) is 18.9 Å². The second-order valence-electron chi connectivity index (χ2n) is 7.77. The molecule has 11 heteroatoms. The van der Waals surface area contributed by atoms with Crippen molar-refractivity contribution in [3.8, 4) is 11.5 Å². The maximum absolute atomic E-state index is 14.0. The van der Waals surface area contributed by atoms with Crippen LogP contribution >= 0.6 is 0 Å². The van der Waals surface area contributed by atoms with Gasteiger partial charge in [0.2, 0.25) is 0 Å². The molecule has 1 fully saturated rings. The van der Waals surface area contributed by atoms with Gasteiger partial charge in [0, 0.05) is 41.5 Å². The fraction of sp³-hybridized carbons (Fsp3) is 0.364. The van der Waals surface area contributed by atoms with Crippen molar-refractivity contribution in [3.05, 3.63) is 42.5 Å². The molecule has 0 saturated carbocycles. The molecule has 0 unspecified atom stereocenters. The van der Waals surface area contributed by atoms with Crippen LogP contribution in [-0.4, -0.2) is 66.3 Å². The van der Waals surface area contributed by atoms with Gasteiger partial charge in [0.1, 0.15) is 35.6 Å². The van der Waals surface area contributed by atoms with Crippen LogP contribution in [0.3, 0.4) is 0 Å². The molecule has 0 spiro atoms. The number of benzene rings is 2. The van der Waals surface area contributed by atoms with Gasteiger partial charge in [0.25, 0.3) is 0 Å². The van der Waals surface area contributed by atoms with Crippen LogP contribution in [0.4, 0.5) is 21.6 Å². The van der Waals surface area contributed by atoms with Crippen molar-refractivity contribution in [2.45, 2.75) is 12.2 Å². The number of anilines is 2.